The summed E-state index contributed by atoms with van der Waals surface area (Å²) in [5.41, 5.74) is 1.60. The van der Waals surface area contributed by atoms with Gasteiger partial charge in [0.1, 0.15) is 0 Å². The predicted octanol–water partition coefficient (Wildman–Crippen LogP) is 4.13. The third-order valence-electron chi connectivity index (χ3n) is 3.18. The van der Waals surface area contributed by atoms with Crippen molar-refractivity contribution >= 4 is 17.2 Å². The largest absolute Gasteiger partial charge is 0.345 e. The first-order valence-corrected chi connectivity index (χ1v) is 7.03. The predicted molar refractivity (Wildman–Crippen MR) is 76.0 cm³/mol. The van der Waals surface area contributed by atoms with Crippen LogP contribution < -0.4 is 5.32 Å². The van der Waals surface area contributed by atoms with Gasteiger partial charge in [0.05, 0.1) is 10.9 Å². The zero-order chi connectivity index (χ0) is 14.9. The molecule has 0 aliphatic rings. The van der Waals surface area contributed by atoms with Crippen LogP contribution in [-0.2, 0) is 0 Å². The van der Waals surface area contributed by atoms with Crippen LogP contribution >= 0.6 is 11.3 Å². The molecule has 2 nitrogen and oxygen atoms in total. The van der Waals surface area contributed by atoms with Crippen LogP contribution in [-0.4, -0.2) is 5.91 Å². The molecule has 0 aliphatic heterocycles. The van der Waals surface area contributed by atoms with E-state index in [-0.39, 0.29) is 11.9 Å². The number of carbonyl (C=O) groups excluding carboxylic acids is 1. The molecule has 106 valence electrons. The highest BCUT2D eigenvalue weighted by Gasteiger charge is 2.15. The Kier molecular flexibility index (Phi) is 4.18. The molecule has 1 N–H and O–H groups in total. The molecule has 0 radical (unpaired) electrons. The van der Waals surface area contributed by atoms with Crippen molar-refractivity contribution in [2.75, 3.05) is 0 Å². The van der Waals surface area contributed by atoms with Crippen LogP contribution in [0.25, 0.3) is 0 Å². The molecule has 1 aromatic carbocycles. The van der Waals surface area contributed by atoms with Gasteiger partial charge in [0, 0.05) is 4.88 Å². The first-order chi connectivity index (χ1) is 9.38. The molecule has 0 saturated carbocycles. The van der Waals surface area contributed by atoms with Gasteiger partial charge in [-0.05, 0) is 50.1 Å². The summed E-state index contributed by atoms with van der Waals surface area (Å²) < 4.78 is 26.0. The second-order valence-electron chi connectivity index (χ2n) is 4.72. The van der Waals surface area contributed by atoms with E-state index in [0.717, 1.165) is 22.6 Å². The summed E-state index contributed by atoms with van der Waals surface area (Å²) in [7, 11) is 0. The van der Waals surface area contributed by atoms with Crippen molar-refractivity contribution in [3.63, 3.8) is 0 Å². The molecular weight excluding hydrogens is 280 g/mol. The zero-order valence-corrected chi connectivity index (χ0v) is 12.3. The first kappa shape index (κ1) is 14.7. The minimum atomic E-state index is -0.911. The van der Waals surface area contributed by atoms with Gasteiger partial charge in [-0.25, -0.2) is 8.78 Å². The molecule has 1 unspecified atom stereocenters. The van der Waals surface area contributed by atoms with Gasteiger partial charge >= 0.3 is 0 Å². The number of thiophene rings is 1. The van der Waals surface area contributed by atoms with Gasteiger partial charge in [-0.3, -0.25) is 4.79 Å². The van der Waals surface area contributed by atoms with Crippen LogP contribution in [0.4, 0.5) is 8.78 Å². The van der Waals surface area contributed by atoms with Gasteiger partial charge < -0.3 is 5.32 Å². The van der Waals surface area contributed by atoms with Crippen LogP contribution in [0.3, 0.4) is 0 Å². The number of benzene rings is 1. The second kappa shape index (κ2) is 5.71. The number of hydrogen-bond donors (Lipinski definition) is 1. The SMILES string of the molecule is Cc1cc(C(=O)NC(C)c2ccc(F)c(F)c2)sc1C. The average molecular weight is 295 g/mol. The van der Waals surface area contributed by atoms with Crippen LogP contribution in [0, 0.1) is 25.5 Å². The van der Waals surface area contributed by atoms with Crippen LogP contribution in [0.2, 0.25) is 0 Å². The number of hydrogen-bond acceptors (Lipinski definition) is 2. The maximum absolute atomic E-state index is 13.2. The number of halogens is 2. The Morgan fingerprint density at radius 3 is 2.45 bits per heavy atom. The Bertz CT molecular complexity index is 632. The third kappa shape index (κ3) is 3.04. The van der Waals surface area contributed by atoms with E-state index in [9.17, 15) is 13.6 Å². The first-order valence-electron chi connectivity index (χ1n) is 6.21. The molecule has 1 amide bonds. The fourth-order valence-corrected chi connectivity index (χ4v) is 2.75. The van der Waals surface area contributed by atoms with Crippen molar-refractivity contribution in [2.24, 2.45) is 0 Å². The lowest BCUT2D eigenvalue weighted by molar-refractivity contribution is 0.0944. The summed E-state index contributed by atoms with van der Waals surface area (Å²) in [5.74, 6) is -2.01. The van der Waals surface area contributed by atoms with E-state index in [0.29, 0.717) is 10.4 Å². The normalized spacial score (nSPS) is 12.2. The zero-order valence-electron chi connectivity index (χ0n) is 11.5. The molecule has 5 heteroatoms. The fraction of sp³-hybridized carbons (Fsp3) is 0.267. The van der Waals surface area contributed by atoms with Crippen molar-refractivity contribution in [3.8, 4) is 0 Å². The Hall–Kier alpha value is -1.75. The topological polar surface area (TPSA) is 29.1 Å². The minimum Gasteiger partial charge on any atom is -0.345 e. The van der Waals surface area contributed by atoms with Crippen LogP contribution in [0.15, 0.2) is 24.3 Å². The molecular formula is C15H15F2NOS. The van der Waals surface area contributed by atoms with Gasteiger partial charge in [0.2, 0.25) is 0 Å². The van der Waals surface area contributed by atoms with Gasteiger partial charge in [-0.15, -0.1) is 11.3 Å². The lowest BCUT2D eigenvalue weighted by Gasteiger charge is -2.13. The third-order valence-corrected chi connectivity index (χ3v) is 4.33. The van der Waals surface area contributed by atoms with Crippen molar-refractivity contribution in [2.45, 2.75) is 26.8 Å². The number of carbonyl (C=O) groups is 1. The van der Waals surface area contributed by atoms with E-state index in [2.05, 4.69) is 5.32 Å². The van der Waals surface area contributed by atoms with Crippen molar-refractivity contribution in [1.82, 2.24) is 5.32 Å². The highest BCUT2D eigenvalue weighted by molar-refractivity contribution is 7.14. The quantitative estimate of drug-likeness (QED) is 0.906. The summed E-state index contributed by atoms with van der Waals surface area (Å²) >= 11 is 1.42. The molecule has 0 spiro atoms. The molecule has 0 saturated heterocycles. The number of nitrogens with one attached hydrogen (secondary N) is 1. The highest BCUT2D eigenvalue weighted by atomic mass is 32.1. The highest BCUT2D eigenvalue weighted by Crippen LogP contribution is 2.22. The summed E-state index contributed by atoms with van der Waals surface area (Å²) in [6.45, 7) is 5.63. The second-order valence-corrected chi connectivity index (χ2v) is 5.97. The molecule has 2 rings (SSSR count). The smallest absolute Gasteiger partial charge is 0.261 e. The molecule has 1 atom stereocenters. The number of rotatable bonds is 3. The maximum atomic E-state index is 13.2. The minimum absolute atomic E-state index is 0.205. The summed E-state index contributed by atoms with van der Waals surface area (Å²) in [6, 6.07) is 5.07. The number of aryl methyl sites for hydroxylation is 2. The number of amides is 1. The summed E-state index contributed by atoms with van der Waals surface area (Å²) in [5, 5.41) is 2.78. The Morgan fingerprint density at radius 1 is 1.20 bits per heavy atom. The molecule has 2 aromatic rings. The summed E-state index contributed by atoms with van der Waals surface area (Å²) in [6.07, 6.45) is 0. The lowest BCUT2D eigenvalue weighted by atomic mass is 10.1. The fourth-order valence-electron chi connectivity index (χ4n) is 1.82. The maximum Gasteiger partial charge on any atom is 0.261 e. The Labute approximate surface area is 120 Å². The standard InChI is InChI=1S/C15H15F2NOS/c1-8-6-14(20-10(8)3)15(19)18-9(2)11-4-5-12(16)13(17)7-11/h4-7,9H,1-3H3,(H,18,19). The van der Waals surface area contributed by atoms with E-state index < -0.39 is 11.6 Å². The van der Waals surface area contributed by atoms with Crippen LogP contribution in [0.5, 0.6) is 0 Å². The van der Waals surface area contributed by atoms with E-state index >= 15 is 0 Å². The van der Waals surface area contributed by atoms with Gasteiger partial charge in [0.15, 0.2) is 11.6 Å². The van der Waals surface area contributed by atoms with Crippen molar-refractivity contribution in [3.05, 3.63) is 56.8 Å². The molecule has 20 heavy (non-hydrogen) atoms. The molecule has 1 heterocycles. The molecule has 1 aromatic heterocycles. The lowest BCUT2D eigenvalue weighted by Crippen LogP contribution is -2.26. The van der Waals surface area contributed by atoms with E-state index in [1.165, 1.54) is 17.4 Å². The van der Waals surface area contributed by atoms with E-state index in [4.69, 9.17) is 0 Å². The van der Waals surface area contributed by atoms with Gasteiger partial charge in [0.25, 0.3) is 5.91 Å². The van der Waals surface area contributed by atoms with E-state index in [1.54, 1.807) is 6.92 Å². The Morgan fingerprint density at radius 2 is 1.90 bits per heavy atom. The van der Waals surface area contributed by atoms with Gasteiger partial charge in [-0.1, -0.05) is 6.07 Å². The monoisotopic (exact) mass is 295 g/mol. The van der Waals surface area contributed by atoms with Crippen LogP contribution in [0.1, 0.15) is 38.6 Å². The van der Waals surface area contributed by atoms with E-state index in [1.807, 2.05) is 19.9 Å². The average Bonchev–Trinajstić information content (AvgIpc) is 2.73. The summed E-state index contributed by atoms with van der Waals surface area (Å²) in [4.78, 5) is 13.8. The molecule has 0 bridgehead atoms. The van der Waals surface area contributed by atoms with Crippen molar-refractivity contribution in [1.29, 1.82) is 0 Å². The molecule has 0 fully saturated rings. The Balaban J connectivity index is 2.12. The van der Waals surface area contributed by atoms with Gasteiger partial charge in [-0.2, -0.15) is 0 Å². The van der Waals surface area contributed by atoms with Crippen molar-refractivity contribution < 1.29 is 13.6 Å². The molecule has 0 aliphatic carbocycles.